The number of nitrogens with zero attached hydrogens (tertiary/aromatic N) is 2. The third-order valence-electron chi connectivity index (χ3n) is 1.71. The predicted octanol–water partition coefficient (Wildman–Crippen LogP) is -0.0616. The average molecular weight is 221 g/mol. The van der Waals surface area contributed by atoms with Crippen molar-refractivity contribution in [1.82, 2.24) is 19.7 Å². The van der Waals surface area contributed by atoms with E-state index >= 15 is 0 Å². The molecule has 5 nitrogen and oxygen atoms in total. The molecule has 0 spiro atoms. The Bertz CT molecular complexity index is 539. The molecular weight excluding hydrogens is 215 g/mol. The molecule has 13 heavy (non-hydrogen) atoms. The summed E-state index contributed by atoms with van der Waals surface area (Å²) >= 11 is 4.89. The van der Waals surface area contributed by atoms with Crippen molar-refractivity contribution in [2.24, 2.45) is 7.05 Å². The smallest absolute Gasteiger partial charge is 0.265 e. The van der Waals surface area contributed by atoms with Crippen molar-refractivity contribution in [2.45, 2.75) is 0 Å². The van der Waals surface area contributed by atoms with Crippen molar-refractivity contribution >= 4 is 74.6 Å². The average Bonchev–Trinajstić information content (AvgIpc) is 2.48. The summed E-state index contributed by atoms with van der Waals surface area (Å²) in [6.07, 6.45) is 1.48. The molecule has 0 fully saturated rings. The van der Waals surface area contributed by atoms with Gasteiger partial charge < -0.3 is 4.98 Å². The van der Waals surface area contributed by atoms with Gasteiger partial charge in [-0.2, -0.15) is 5.10 Å². The monoisotopic (exact) mass is 221 g/mol. The Morgan fingerprint density at radius 1 is 1.62 bits per heavy atom. The number of nitrogens with one attached hydrogen (secondary N) is 2. The molecule has 0 saturated carbocycles. The van der Waals surface area contributed by atoms with Crippen molar-refractivity contribution in [1.29, 1.82) is 0 Å². The first-order valence-electron chi connectivity index (χ1n) is 3.32. The number of fused-ring (bicyclic) bond motifs is 1. The van der Waals surface area contributed by atoms with Crippen LogP contribution in [0.5, 0.6) is 0 Å². The summed E-state index contributed by atoms with van der Waals surface area (Å²) in [4.78, 5) is 14.3. The first kappa shape index (κ1) is 11.3. The van der Waals surface area contributed by atoms with Gasteiger partial charge in [0.05, 0.1) is 6.20 Å². The van der Waals surface area contributed by atoms with Crippen molar-refractivity contribution < 1.29 is 0 Å². The maximum absolute atomic E-state index is 11.4. The van der Waals surface area contributed by atoms with Gasteiger partial charge in [-0.3, -0.25) is 14.5 Å². The molecule has 2 heterocycles. The molecule has 2 rings (SSSR count). The van der Waals surface area contributed by atoms with Gasteiger partial charge >= 0.3 is 0 Å². The van der Waals surface area contributed by atoms with Crippen LogP contribution in [-0.4, -0.2) is 71.1 Å². The van der Waals surface area contributed by atoms with Crippen LogP contribution in [0.3, 0.4) is 0 Å². The first-order valence-corrected chi connectivity index (χ1v) is 3.73. The third kappa shape index (κ3) is 1.85. The van der Waals surface area contributed by atoms with Crippen molar-refractivity contribution in [3.05, 3.63) is 21.3 Å². The zero-order valence-corrected chi connectivity index (χ0v) is 11.2. The van der Waals surface area contributed by atoms with Gasteiger partial charge in [-0.15, -0.1) is 0 Å². The second-order valence-electron chi connectivity index (χ2n) is 2.45. The normalized spacial score (nSPS) is 9.92. The number of rotatable bonds is 0. The molecule has 1 radical (unpaired) electrons. The van der Waals surface area contributed by atoms with Crippen LogP contribution >= 0.6 is 12.2 Å². The fourth-order valence-electron chi connectivity index (χ4n) is 1.01. The predicted molar refractivity (Wildman–Crippen MR) is 52.3 cm³/mol. The molecule has 0 aliphatic rings. The third-order valence-corrected chi connectivity index (χ3v) is 2.09. The molecule has 2 N–H and O–H groups in total. The van der Waals surface area contributed by atoms with Crippen LogP contribution < -0.4 is 5.56 Å². The van der Waals surface area contributed by atoms with E-state index in [0.717, 1.165) is 0 Å². The molecular formula is C6H6KN4OS. The van der Waals surface area contributed by atoms with E-state index in [1.165, 1.54) is 10.8 Å². The quantitative estimate of drug-likeness (QED) is 0.484. The van der Waals surface area contributed by atoms with Gasteiger partial charge in [-0.25, -0.2) is 0 Å². The summed E-state index contributed by atoms with van der Waals surface area (Å²) in [5.74, 6) is 0. The van der Waals surface area contributed by atoms with Crippen LogP contribution in [-0.2, 0) is 7.05 Å². The Balaban J connectivity index is 0.000000845. The maximum Gasteiger partial charge on any atom is 0.265 e. The number of hydrogen-bond donors (Lipinski definition) is 2. The van der Waals surface area contributed by atoms with E-state index in [1.54, 1.807) is 7.05 Å². The first-order chi connectivity index (χ1) is 5.70. The van der Waals surface area contributed by atoms with Crippen molar-refractivity contribution in [3.63, 3.8) is 0 Å². The largest absolute Gasteiger partial charge is 0.317 e. The Kier molecular flexibility index (Phi) is 3.61. The number of aromatic amines is 2. The summed E-state index contributed by atoms with van der Waals surface area (Å²) in [7, 11) is 1.62. The maximum atomic E-state index is 11.4. The van der Waals surface area contributed by atoms with Crippen LogP contribution in [0.2, 0.25) is 0 Å². The van der Waals surface area contributed by atoms with Gasteiger partial charge in [0.1, 0.15) is 11.0 Å². The molecule has 0 amide bonds. The summed E-state index contributed by atoms with van der Waals surface area (Å²) in [6, 6.07) is 0. The van der Waals surface area contributed by atoms with Gasteiger partial charge in [0.15, 0.2) is 4.77 Å². The van der Waals surface area contributed by atoms with E-state index in [-0.39, 0.29) is 56.9 Å². The van der Waals surface area contributed by atoms with Gasteiger partial charge in [-0.1, -0.05) is 0 Å². The van der Waals surface area contributed by atoms with Crippen molar-refractivity contribution in [2.75, 3.05) is 0 Å². The van der Waals surface area contributed by atoms with Crippen LogP contribution in [0.4, 0.5) is 0 Å². The number of H-pyrrole nitrogens is 2. The minimum Gasteiger partial charge on any atom is -0.317 e. The number of aromatic nitrogens is 4. The molecule has 0 bridgehead atoms. The molecule has 2 aromatic heterocycles. The van der Waals surface area contributed by atoms with Gasteiger partial charge in [0.2, 0.25) is 0 Å². The molecule has 0 aliphatic carbocycles. The van der Waals surface area contributed by atoms with Gasteiger partial charge in [-0.05, 0) is 12.2 Å². The molecule has 0 aromatic carbocycles. The Hall–Kier alpha value is 0.206. The molecule has 0 aliphatic heterocycles. The zero-order valence-electron chi connectivity index (χ0n) is 7.29. The van der Waals surface area contributed by atoms with E-state index in [1.807, 2.05) is 0 Å². The second kappa shape index (κ2) is 4.16. The standard InChI is InChI=1S/C6H6N4OS.K/c1-10-5(11)3-2-7-9-4(3)8-6(10)12;/h2H,1H3,(H2,7,8,9,12);. The van der Waals surface area contributed by atoms with E-state index in [2.05, 4.69) is 15.2 Å². The molecule has 63 valence electrons. The zero-order chi connectivity index (χ0) is 8.72. The summed E-state index contributed by atoms with van der Waals surface area (Å²) in [6.45, 7) is 0. The van der Waals surface area contributed by atoms with E-state index in [9.17, 15) is 4.79 Å². The van der Waals surface area contributed by atoms with Crippen LogP contribution in [0, 0.1) is 4.77 Å². The molecule has 0 saturated heterocycles. The van der Waals surface area contributed by atoms with E-state index in [0.29, 0.717) is 15.8 Å². The number of hydrogen-bond acceptors (Lipinski definition) is 3. The molecule has 0 unspecified atom stereocenters. The topological polar surface area (TPSA) is 66.5 Å². The van der Waals surface area contributed by atoms with Crippen LogP contribution in [0.25, 0.3) is 11.0 Å². The summed E-state index contributed by atoms with van der Waals surface area (Å²) in [5, 5.41) is 6.89. The molecule has 2 aromatic rings. The minimum atomic E-state index is -0.137. The fraction of sp³-hybridized carbons (Fsp3) is 0.167. The fourth-order valence-corrected chi connectivity index (χ4v) is 1.19. The Labute approximate surface area is 121 Å². The molecule has 7 heteroatoms. The molecule has 0 atom stereocenters. The SMILES string of the molecule is Cn1c(=S)[nH]c2[nH]ncc2c1=O.[K]. The van der Waals surface area contributed by atoms with Gasteiger partial charge in [0, 0.05) is 58.4 Å². The van der Waals surface area contributed by atoms with Crippen molar-refractivity contribution in [3.8, 4) is 0 Å². The van der Waals surface area contributed by atoms with E-state index < -0.39 is 0 Å². The van der Waals surface area contributed by atoms with Crippen LogP contribution in [0.1, 0.15) is 0 Å². The van der Waals surface area contributed by atoms with Crippen LogP contribution in [0.15, 0.2) is 11.0 Å². The summed E-state index contributed by atoms with van der Waals surface area (Å²) in [5.41, 5.74) is 0.436. The summed E-state index contributed by atoms with van der Waals surface area (Å²) < 4.78 is 1.75. The second-order valence-corrected chi connectivity index (χ2v) is 2.84. The minimum absolute atomic E-state index is 0. The Morgan fingerprint density at radius 3 is 3.00 bits per heavy atom. The van der Waals surface area contributed by atoms with Gasteiger partial charge in [0.25, 0.3) is 5.56 Å². The Morgan fingerprint density at radius 2 is 2.31 bits per heavy atom. The van der Waals surface area contributed by atoms with E-state index in [4.69, 9.17) is 12.2 Å².